The molecule has 0 radical (unpaired) electrons. The minimum absolute atomic E-state index is 0.0570. The van der Waals surface area contributed by atoms with Gasteiger partial charge in [0.25, 0.3) is 0 Å². The molecule has 1 saturated carbocycles. The molecule has 0 aromatic carbocycles. The van der Waals surface area contributed by atoms with Crippen LogP contribution in [0.1, 0.15) is 44.9 Å². The summed E-state index contributed by atoms with van der Waals surface area (Å²) in [7, 11) is 0. The van der Waals surface area contributed by atoms with Gasteiger partial charge in [-0.2, -0.15) is 0 Å². The predicted molar refractivity (Wildman–Crippen MR) is 81.4 cm³/mol. The van der Waals surface area contributed by atoms with Crippen LogP contribution in [-0.4, -0.2) is 10.9 Å². The van der Waals surface area contributed by atoms with E-state index in [0.29, 0.717) is 21.7 Å². The van der Waals surface area contributed by atoms with Crippen LogP contribution in [0.3, 0.4) is 0 Å². The Morgan fingerprint density at radius 1 is 1.42 bits per heavy atom. The van der Waals surface area contributed by atoms with Gasteiger partial charge in [0.05, 0.1) is 16.4 Å². The second-order valence-electron chi connectivity index (χ2n) is 5.09. The van der Waals surface area contributed by atoms with Gasteiger partial charge in [0, 0.05) is 6.42 Å². The standard InChI is InChI=1S/C14H18BrClN2O/c15-12-8-11(9-17-14(12)16)18-13(19)7-6-10-4-2-1-3-5-10/h8-10H,1-7H2,(H,18,19). The average molecular weight is 346 g/mol. The van der Waals surface area contributed by atoms with Crippen LogP contribution in [0.5, 0.6) is 0 Å². The third-order valence-corrected chi connectivity index (χ3v) is 4.72. The molecule has 104 valence electrons. The van der Waals surface area contributed by atoms with E-state index in [-0.39, 0.29) is 5.91 Å². The molecule has 5 heteroatoms. The minimum atomic E-state index is 0.0570. The summed E-state index contributed by atoms with van der Waals surface area (Å²) < 4.78 is 0.694. The fourth-order valence-corrected chi connectivity index (χ4v) is 2.98. The number of aromatic nitrogens is 1. The van der Waals surface area contributed by atoms with Gasteiger partial charge >= 0.3 is 0 Å². The first-order chi connectivity index (χ1) is 9.15. The minimum Gasteiger partial charge on any atom is -0.325 e. The lowest BCUT2D eigenvalue weighted by Gasteiger charge is -2.20. The average Bonchev–Trinajstić information content (AvgIpc) is 2.42. The van der Waals surface area contributed by atoms with E-state index in [9.17, 15) is 4.79 Å². The summed E-state index contributed by atoms with van der Waals surface area (Å²) in [6.07, 6.45) is 9.71. The highest BCUT2D eigenvalue weighted by atomic mass is 79.9. The molecular formula is C14H18BrClN2O. The Morgan fingerprint density at radius 3 is 2.84 bits per heavy atom. The fraction of sp³-hybridized carbons (Fsp3) is 0.571. The number of carbonyl (C=O) groups is 1. The lowest BCUT2D eigenvalue weighted by atomic mass is 9.86. The number of nitrogens with zero attached hydrogens (tertiary/aromatic N) is 1. The number of pyridine rings is 1. The molecule has 2 rings (SSSR count). The van der Waals surface area contributed by atoms with E-state index in [1.165, 1.54) is 32.1 Å². The molecule has 0 spiro atoms. The van der Waals surface area contributed by atoms with Crippen LogP contribution >= 0.6 is 27.5 Å². The van der Waals surface area contributed by atoms with Crippen molar-refractivity contribution in [2.45, 2.75) is 44.9 Å². The Morgan fingerprint density at radius 2 is 2.16 bits per heavy atom. The molecule has 1 amide bonds. The Kier molecular flexibility index (Phi) is 5.64. The van der Waals surface area contributed by atoms with E-state index in [1.807, 2.05) is 0 Å². The molecule has 0 unspecified atom stereocenters. The first-order valence-electron chi connectivity index (χ1n) is 6.76. The van der Waals surface area contributed by atoms with E-state index in [0.717, 1.165) is 12.3 Å². The molecule has 0 aliphatic heterocycles. The molecular weight excluding hydrogens is 328 g/mol. The number of anilines is 1. The third kappa shape index (κ3) is 4.77. The van der Waals surface area contributed by atoms with E-state index in [4.69, 9.17) is 11.6 Å². The first-order valence-corrected chi connectivity index (χ1v) is 7.93. The van der Waals surface area contributed by atoms with Crippen molar-refractivity contribution in [1.29, 1.82) is 0 Å². The largest absolute Gasteiger partial charge is 0.325 e. The molecule has 1 heterocycles. The van der Waals surface area contributed by atoms with Crippen molar-refractivity contribution in [2.24, 2.45) is 5.92 Å². The zero-order valence-corrected chi connectivity index (χ0v) is 13.1. The zero-order chi connectivity index (χ0) is 13.7. The smallest absolute Gasteiger partial charge is 0.224 e. The molecule has 1 aromatic rings. The summed E-state index contributed by atoms with van der Waals surface area (Å²) >= 11 is 9.10. The number of hydrogen-bond acceptors (Lipinski definition) is 2. The number of halogens is 2. The van der Waals surface area contributed by atoms with Crippen molar-refractivity contribution in [3.05, 3.63) is 21.9 Å². The molecule has 0 atom stereocenters. The van der Waals surface area contributed by atoms with Crippen molar-refractivity contribution in [1.82, 2.24) is 4.98 Å². The lowest BCUT2D eigenvalue weighted by Crippen LogP contribution is -2.15. The molecule has 1 aliphatic carbocycles. The van der Waals surface area contributed by atoms with Gasteiger partial charge in [-0.1, -0.05) is 43.7 Å². The van der Waals surface area contributed by atoms with Crippen molar-refractivity contribution in [3.8, 4) is 0 Å². The molecule has 1 aromatic heterocycles. The maximum atomic E-state index is 11.9. The number of rotatable bonds is 4. The quantitative estimate of drug-likeness (QED) is 0.797. The van der Waals surface area contributed by atoms with Crippen LogP contribution in [0.2, 0.25) is 5.15 Å². The van der Waals surface area contributed by atoms with Crippen LogP contribution in [0.15, 0.2) is 16.7 Å². The molecule has 1 N–H and O–H groups in total. The van der Waals surface area contributed by atoms with Gasteiger partial charge in [-0.3, -0.25) is 4.79 Å². The maximum Gasteiger partial charge on any atom is 0.224 e. The SMILES string of the molecule is O=C(CCC1CCCCC1)Nc1cnc(Cl)c(Br)c1. The molecule has 1 fully saturated rings. The Bertz CT molecular complexity index is 447. The van der Waals surface area contributed by atoms with Gasteiger partial charge in [-0.05, 0) is 34.3 Å². The number of amides is 1. The number of hydrogen-bond donors (Lipinski definition) is 1. The van der Waals surface area contributed by atoms with Crippen molar-refractivity contribution >= 4 is 39.1 Å². The summed E-state index contributed by atoms with van der Waals surface area (Å²) in [4.78, 5) is 15.8. The summed E-state index contributed by atoms with van der Waals surface area (Å²) in [5.74, 6) is 0.788. The van der Waals surface area contributed by atoms with Crippen LogP contribution in [0, 0.1) is 5.92 Å². The first kappa shape index (κ1) is 14.8. The molecule has 0 saturated heterocycles. The number of carbonyl (C=O) groups excluding carboxylic acids is 1. The summed E-state index contributed by atoms with van der Waals surface area (Å²) in [6, 6.07) is 1.77. The van der Waals surface area contributed by atoms with E-state index >= 15 is 0 Å². The lowest BCUT2D eigenvalue weighted by molar-refractivity contribution is -0.116. The Balaban J connectivity index is 1.78. The van der Waals surface area contributed by atoms with Gasteiger partial charge in [-0.15, -0.1) is 0 Å². The Hall–Kier alpha value is -0.610. The highest BCUT2D eigenvalue weighted by molar-refractivity contribution is 9.10. The van der Waals surface area contributed by atoms with Crippen LogP contribution in [-0.2, 0) is 4.79 Å². The normalized spacial score (nSPS) is 16.3. The highest BCUT2D eigenvalue weighted by Gasteiger charge is 2.15. The molecule has 3 nitrogen and oxygen atoms in total. The van der Waals surface area contributed by atoms with Crippen molar-refractivity contribution in [2.75, 3.05) is 5.32 Å². The van der Waals surface area contributed by atoms with Crippen molar-refractivity contribution in [3.63, 3.8) is 0 Å². The highest BCUT2D eigenvalue weighted by Crippen LogP contribution is 2.27. The monoisotopic (exact) mass is 344 g/mol. The van der Waals surface area contributed by atoms with E-state index < -0.39 is 0 Å². The Labute approximate surface area is 127 Å². The van der Waals surface area contributed by atoms with Gasteiger partial charge in [-0.25, -0.2) is 4.98 Å². The maximum absolute atomic E-state index is 11.9. The fourth-order valence-electron chi connectivity index (χ4n) is 2.52. The summed E-state index contributed by atoms with van der Waals surface area (Å²) in [5.41, 5.74) is 0.685. The zero-order valence-electron chi connectivity index (χ0n) is 10.8. The topological polar surface area (TPSA) is 42.0 Å². The molecule has 0 bridgehead atoms. The number of nitrogens with one attached hydrogen (secondary N) is 1. The van der Waals surface area contributed by atoms with Crippen LogP contribution in [0.25, 0.3) is 0 Å². The molecule has 1 aliphatic rings. The van der Waals surface area contributed by atoms with Gasteiger partial charge < -0.3 is 5.32 Å². The van der Waals surface area contributed by atoms with E-state index in [2.05, 4.69) is 26.2 Å². The second-order valence-corrected chi connectivity index (χ2v) is 6.30. The summed E-state index contributed by atoms with van der Waals surface area (Å²) in [5, 5.41) is 3.26. The second kappa shape index (κ2) is 7.25. The summed E-state index contributed by atoms with van der Waals surface area (Å²) in [6.45, 7) is 0. The van der Waals surface area contributed by atoms with E-state index in [1.54, 1.807) is 12.3 Å². The van der Waals surface area contributed by atoms with Crippen LogP contribution < -0.4 is 5.32 Å². The molecule has 19 heavy (non-hydrogen) atoms. The van der Waals surface area contributed by atoms with Crippen molar-refractivity contribution < 1.29 is 4.79 Å². The third-order valence-electron chi connectivity index (χ3n) is 3.58. The van der Waals surface area contributed by atoms with Gasteiger partial charge in [0.15, 0.2) is 0 Å². The predicted octanol–water partition coefficient (Wildman–Crippen LogP) is 4.80. The van der Waals surface area contributed by atoms with Gasteiger partial charge in [0.1, 0.15) is 5.15 Å². The van der Waals surface area contributed by atoms with Crippen LogP contribution in [0.4, 0.5) is 5.69 Å². The van der Waals surface area contributed by atoms with Gasteiger partial charge in [0.2, 0.25) is 5.91 Å².